The molecule has 1 aromatic carbocycles. The molecule has 0 aliphatic rings. The molecule has 0 saturated heterocycles. The molecule has 0 spiro atoms. The Bertz CT molecular complexity index is 1400. The number of aromatic nitrogens is 6. The number of fused-ring (bicyclic) bond motifs is 1. The van der Waals surface area contributed by atoms with Gasteiger partial charge < -0.3 is 18.5 Å². The van der Waals surface area contributed by atoms with Gasteiger partial charge >= 0.3 is 5.69 Å². The van der Waals surface area contributed by atoms with E-state index >= 15 is 0 Å². The topological polar surface area (TPSA) is 130 Å². The first kappa shape index (κ1) is 23.6. The van der Waals surface area contributed by atoms with E-state index in [1.807, 2.05) is 18.4 Å². The summed E-state index contributed by atoms with van der Waals surface area (Å²) in [5.74, 6) is 2.57. The van der Waals surface area contributed by atoms with Gasteiger partial charge in [-0.1, -0.05) is 25.1 Å². The first-order valence-electron chi connectivity index (χ1n) is 10.9. The number of hydrogen-bond donors (Lipinski definition) is 1. The summed E-state index contributed by atoms with van der Waals surface area (Å²) in [6.45, 7) is 4.99. The second-order valence-electron chi connectivity index (χ2n) is 7.47. The molecular weight excluding hydrogens is 460 g/mol. The number of H-pyrrole nitrogens is 1. The number of methoxy groups -OCH3 is 2. The van der Waals surface area contributed by atoms with E-state index in [0.29, 0.717) is 64.0 Å². The van der Waals surface area contributed by atoms with E-state index in [4.69, 9.17) is 13.9 Å². The molecule has 0 atom stereocenters. The molecule has 0 fully saturated rings. The van der Waals surface area contributed by atoms with Gasteiger partial charge in [0.1, 0.15) is 17.3 Å². The van der Waals surface area contributed by atoms with Gasteiger partial charge in [-0.2, -0.15) is 0 Å². The van der Waals surface area contributed by atoms with E-state index in [9.17, 15) is 9.59 Å². The van der Waals surface area contributed by atoms with Gasteiger partial charge in [-0.15, -0.1) is 10.2 Å². The molecule has 0 unspecified atom stereocenters. The molecule has 11 nitrogen and oxygen atoms in total. The Labute approximate surface area is 199 Å². The largest absolute Gasteiger partial charge is 0.497 e. The van der Waals surface area contributed by atoms with Crippen LogP contribution >= 0.6 is 11.8 Å². The third-order valence-electron chi connectivity index (χ3n) is 5.35. The standard InChI is InChI=1S/C22H26N6O5S/c1-5-7-8-28-18-17(19(29)24-21(28)30)27(6-2)16(23-18)12-34-22-26-25-20(33-22)13-9-14(31-3)11-15(10-13)32-4/h9-11H,5-8,12H2,1-4H3,(H,24,29,30). The first-order chi connectivity index (χ1) is 16.5. The van der Waals surface area contributed by atoms with Crippen LogP contribution in [0.25, 0.3) is 22.6 Å². The summed E-state index contributed by atoms with van der Waals surface area (Å²) in [7, 11) is 3.14. The Morgan fingerprint density at radius 3 is 2.44 bits per heavy atom. The van der Waals surface area contributed by atoms with E-state index in [0.717, 1.165) is 12.8 Å². The van der Waals surface area contributed by atoms with Crippen molar-refractivity contribution in [2.45, 2.75) is 50.8 Å². The second kappa shape index (κ2) is 10.2. The number of thioether (sulfide) groups is 1. The van der Waals surface area contributed by atoms with Gasteiger partial charge in [-0.25, -0.2) is 9.78 Å². The number of nitrogens with one attached hydrogen (secondary N) is 1. The van der Waals surface area contributed by atoms with Crippen molar-refractivity contribution in [1.29, 1.82) is 0 Å². The zero-order valence-electron chi connectivity index (χ0n) is 19.5. The summed E-state index contributed by atoms with van der Waals surface area (Å²) in [4.78, 5) is 32.0. The third-order valence-corrected chi connectivity index (χ3v) is 6.16. The molecule has 4 aromatic rings. The van der Waals surface area contributed by atoms with E-state index in [1.54, 1.807) is 32.4 Å². The van der Waals surface area contributed by atoms with Gasteiger partial charge in [0.2, 0.25) is 5.89 Å². The number of hydrogen-bond acceptors (Lipinski definition) is 9. The fourth-order valence-electron chi connectivity index (χ4n) is 3.63. The van der Waals surface area contributed by atoms with Crippen molar-refractivity contribution >= 4 is 22.9 Å². The second-order valence-corrected chi connectivity index (χ2v) is 8.40. The van der Waals surface area contributed by atoms with Gasteiger partial charge in [0, 0.05) is 24.7 Å². The maximum Gasteiger partial charge on any atom is 0.330 e. The van der Waals surface area contributed by atoms with Crippen molar-refractivity contribution in [3.8, 4) is 23.0 Å². The minimum Gasteiger partial charge on any atom is -0.497 e. The number of benzene rings is 1. The molecule has 3 heterocycles. The van der Waals surface area contributed by atoms with Gasteiger partial charge in [0.15, 0.2) is 11.2 Å². The molecule has 4 rings (SSSR count). The zero-order valence-corrected chi connectivity index (χ0v) is 20.3. The predicted octanol–water partition coefficient (Wildman–Crippen LogP) is 3.07. The molecule has 0 saturated carbocycles. The van der Waals surface area contributed by atoms with Crippen LogP contribution in [0.15, 0.2) is 37.4 Å². The molecule has 180 valence electrons. The molecule has 0 aliphatic heterocycles. The maximum absolute atomic E-state index is 12.6. The summed E-state index contributed by atoms with van der Waals surface area (Å²) < 4.78 is 19.8. The van der Waals surface area contributed by atoms with E-state index in [1.165, 1.54) is 16.3 Å². The monoisotopic (exact) mass is 486 g/mol. The van der Waals surface area contributed by atoms with Crippen LogP contribution in [0.3, 0.4) is 0 Å². The van der Waals surface area contributed by atoms with Crippen molar-refractivity contribution in [2.24, 2.45) is 0 Å². The van der Waals surface area contributed by atoms with E-state index < -0.39 is 11.2 Å². The summed E-state index contributed by atoms with van der Waals surface area (Å²) in [5, 5.41) is 8.61. The van der Waals surface area contributed by atoms with Crippen molar-refractivity contribution in [1.82, 2.24) is 29.3 Å². The number of aryl methyl sites for hydroxylation is 2. The highest BCUT2D eigenvalue weighted by molar-refractivity contribution is 7.98. The van der Waals surface area contributed by atoms with Crippen molar-refractivity contribution in [2.75, 3.05) is 14.2 Å². The van der Waals surface area contributed by atoms with Crippen molar-refractivity contribution in [3.05, 3.63) is 44.9 Å². The SMILES string of the molecule is CCCCn1c(=O)[nH]c(=O)c2c1nc(CSc1nnc(-c3cc(OC)cc(OC)c3)o1)n2CC. The Balaban J connectivity index is 1.62. The molecule has 0 bridgehead atoms. The summed E-state index contributed by atoms with van der Waals surface area (Å²) in [6.07, 6.45) is 1.73. The molecule has 0 amide bonds. The number of imidazole rings is 1. The highest BCUT2D eigenvalue weighted by Crippen LogP contribution is 2.31. The van der Waals surface area contributed by atoms with Crippen molar-refractivity contribution in [3.63, 3.8) is 0 Å². The number of rotatable bonds is 10. The fourth-order valence-corrected chi connectivity index (χ4v) is 4.34. The van der Waals surface area contributed by atoms with Crippen LogP contribution in [0.5, 0.6) is 11.5 Å². The van der Waals surface area contributed by atoms with Crippen LogP contribution in [0.1, 0.15) is 32.5 Å². The maximum atomic E-state index is 12.6. The number of aromatic amines is 1. The quantitative estimate of drug-likeness (QED) is 0.336. The Morgan fingerprint density at radius 1 is 1.06 bits per heavy atom. The van der Waals surface area contributed by atoms with Crippen LogP contribution in [0.4, 0.5) is 0 Å². The third kappa shape index (κ3) is 4.58. The lowest BCUT2D eigenvalue weighted by atomic mass is 10.2. The number of nitrogens with zero attached hydrogens (tertiary/aromatic N) is 5. The van der Waals surface area contributed by atoms with Gasteiger partial charge in [-0.05, 0) is 25.5 Å². The lowest BCUT2D eigenvalue weighted by Gasteiger charge is -2.06. The minimum absolute atomic E-state index is 0.327. The Hall–Kier alpha value is -3.54. The Morgan fingerprint density at radius 2 is 1.79 bits per heavy atom. The normalized spacial score (nSPS) is 11.3. The lowest BCUT2D eigenvalue weighted by molar-refractivity contribution is 0.394. The minimum atomic E-state index is -0.443. The van der Waals surface area contributed by atoms with Gasteiger partial charge in [-0.3, -0.25) is 14.3 Å². The van der Waals surface area contributed by atoms with Crippen LogP contribution in [0.2, 0.25) is 0 Å². The van der Waals surface area contributed by atoms with Crippen molar-refractivity contribution < 1.29 is 13.9 Å². The molecule has 12 heteroatoms. The first-order valence-corrected chi connectivity index (χ1v) is 11.9. The average molecular weight is 487 g/mol. The summed E-state index contributed by atoms with van der Waals surface area (Å²) in [6, 6.07) is 5.32. The number of ether oxygens (including phenoxy) is 2. The van der Waals surface area contributed by atoms with E-state index in [2.05, 4.69) is 20.2 Å². The van der Waals surface area contributed by atoms with Crippen LogP contribution in [-0.4, -0.2) is 43.5 Å². The van der Waals surface area contributed by atoms with E-state index in [-0.39, 0.29) is 0 Å². The van der Waals surface area contributed by atoms with Gasteiger partial charge in [0.05, 0.1) is 20.0 Å². The van der Waals surface area contributed by atoms with Crippen LogP contribution in [-0.2, 0) is 18.8 Å². The lowest BCUT2D eigenvalue weighted by Crippen LogP contribution is -2.31. The van der Waals surface area contributed by atoms with Crippen LogP contribution < -0.4 is 20.7 Å². The zero-order chi connectivity index (χ0) is 24.2. The molecular formula is C22H26N6O5S. The molecule has 3 aromatic heterocycles. The smallest absolute Gasteiger partial charge is 0.330 e. The molecule has 0 radical (unpaired) electrons. The highest BCUT2D eigenvalue weighted by atomic mass is 32.2. The average Bonchev–Trinajstić information content (AvgIpc) is 3.47. The predicted molar refractivity (Wildman–Crippen MR) is 128 cm³/mol. The van der Waals surface area contributed by atoms with Gasteiger partial charge in [0.25, 0.3) is 10.8 Å². The molecule has 34 heavy (non-hydrogen) atoms. The highest BCUT2D eigenvalue weighted by Gasteiger charge is 2.19. The molecule has 1 N–H and O–H groups in total. The summed E-state index contributed by atoms with van der Waals surface area (Å²) in [5.41, 5.74) is 0.576. The Kier molecular flexibility index (Phi) is 7.06. The van der Waals surface area contributed by atoms with Crippen LogP contribution in [0, 0.1) is 0 Å². The fraction of sp³-hybridized carbons (Fsp3) is 0.409. The molecule has 0 aliphatic carbocycles. The summed E-state index contributed by atoms with van der Waals surface area (Å²) >= 11 is 1.30. The number of unbranched alkanes of at least 4 members (excludes halogenated alkanes) is 1.